The van der Waals surface area contributed by atoms with Crippen LogP contribution in [0.25, 0.3) is 11.1 Å². The number of nitrogens with one attached hydrogen (secondary N) is 1. The Morgan fingerprint density at radius 1 is 1.40 bits per heavy atom. The molecule has 0 saturated heterocycles. The molecule has 0 fully saturated rings. The largest absolute Gasteiger partial charge is 0.493 e. The van der Waals surface area contributed by atoms with Gasteiger partial charge in [-0.05, 0) is 47.7 Å². The lowest BCUT2D eigenvalue weighted by molar-refractivity contribution is 0.387. The molecule has 1 aromatic carbocycles. The average molecular weight is 384 g/mol. The fourth-order valence-corrected chi connectivity index (χ4v) is 2.38. The fraction of sp³-hybridized carbons (Fsp3) is 0.143. The number of ether oxygens (including phenoxy) is 1. The molecule has 0 aliphatic heterocycles. The van der Waals surface area contributed by atoms with E-state index in [1.54, 1.807) is 25.1 Å². The molecule has 2 rings (SSSR count). The first-order chi connectivity index (χ1) is 9.49. The van der Waals surface area contributed by atoms with Crippen molar-refractivity contribution in [2.75, 3.05) is 7.11 Å². The number of aryl methyl sites for hydroxylation is 1. The van der Waals surface area contributed by atoms with Crippen molar-refractivity contribution in [3.05, 3.63) is 49.2 Å². The molecule has 0 radical (unpaired) electrons. The van der Waals surface area contributed by atoms with Gasteiger partial charge in [-0.25, -0.2) is 4.39 Å². The number of nitrogens with zero attached hydrogens (tertiary/aromatic N) is 1. The van der Waals surface area contributed by atoms with Gasteiger partial charge in [-0.2, -0.15) is 5.26 Å². The maximum absolute atomic E-state index is 14.1. The number of halogens is 2. The number of pyridine rings is 1. The van der Waals surface area contributed by atoms with Crippen LogP contribution in [0.5, 0.6) is 5.75 Å². The summed E-state index contributed by atoms with van der Waals surface area (Å²) in [6, 6.07) is 6.69. The summed E-state index contributed by atoms with van der Waals surface area (Å²) in [5, 5.41) is 9.13. The highest BCUT2D eigenvalue weighted by molar-refractivity contribution is 14.1. The van der Waals surface area contributed by atoms with Crippen molar-refractivity contribution in [1.82, 2.24) is 4.98 Å². The van der Waals surface area contributed by atoms with Crippen LogP contribution >= 0.6 is 22.6 Å². The monoisotopic (exact) mass is 384 g/mol. The van der Waals surface area contributed by atoms with Crippen molar-refractivity contribution < 1.29 is 9.13 Å². The standard InChI is InChI=1S/C14H10FIN2O2/c1-7-5-9(10(6-17)14(19)18-7)8-3-4-11(16)12(15)13(8)20-2/h3-5H,1-2H3,(H,18,19). The van der Waals surface area contributed by atoms with Gasteiger partial charge in [0.1, 0.15) is 11.6 Å². The Morgan fingerprint density at radius 3 is 2.70 bits per heavy atom. The van der Waals surface area contributed by atoms with Gasteiger partial charge in [-0.1, -0.05) is 0 Å². The fourth-order valence-electron chi connectivity index (χ4n) is 1.96. The van der Waals surface area contributed by atoms with Crippen LogP contribution in [0.4, 0.5) is 4.39 Å². The van der Waals surface area contributed by atoms with Gasteiger partial charge in [-0.15, -0.1) is 0 Å². The van der Waals surface area contributed by atoms with Gasteiger partial charge in [-0.3, -0.25) is 4.79 Å². The third-order valence-corrected chi connectivity index (χ3v) is 3.66. The van der Waals surface area contributed by atoms with Crippen molar-refractivity contribution in [1.29, 1.82) is 5.26 Å². The number of hydrogen-bond donors (Lipinski definition) is 1. The summed E-state index contributed by atoms with van der Waals surface area (Å²) in [6.07, 6.45) is 0. The number of rotatable bonds is 2. The first-order valence-electron chi connectivity index (χ1n) is 5.66. The maximum atomic E-state index is 14.1. The smallest absolute Gasteiger partial charge is 0.266 e. The molecule has 0 spiro atoms. The normalized spacial score (nSPS) is 10.2. The molecule has 0 bridgehead atoms. The Bertz CT molecular complexity index is 778. The van der Waals surface area contributed by atoms with Crippen molar-refractivity contribution in [2.24, 2.45) is 0 Å². The molecule has 1 aromatic heterocycles. The Labute approximate surface area is 128 Å². The SMILES string of the molecule is COc1c(-c2cc(C)[nH]c(=O)c2C#N)ccc(I)c1F. The minimum absolute atomic E-state index is 0.0263. The molecule has 102 valence electrons. The van der Waals surface area contributed by atoms with Gasteiger partial charge in [0.25, 0.3) is 5.56 Å². The van der Waals surface area contributed by atoms with E-state index in [9.17, 15) is 9.18 Å². The molecule has 0 amide bonds. The molecule has 1 heterocycles. The van der Waals surface area contributed by atoms with E-state index < -0.39 is 11.4 Å². The summed E-state index contributed by atoms with van der Waals surface area (Å²) < 4.78 is 19.6. The van der Waals surface area contributed by atoms with E-state index >= 15 is 0 Å². The molecule has 0 atom stereocenters. The summed E-state index contributed by atoms with van der Waals surface area (Å²) in [5.74, 6) is -0.481. The molecule has 1 N–H and O–H groups in total. The highest BCUT2D eigenvalue weighted by atomic mass is 127. The van der Waals surface area contributed by atoms with E-state index in [1.807, 2.05) is 28.7 Å². The molecular weight excluding hydrogens is 374 g/mol. The Kier molecular flexibility index (Phi) is 4.09. The second-order valence-corrected chi connectivity index (χ2v) is 5.29. The van der Waals surface area contributed by atoms with Gasteiger partial charge in [0.15, 0.2) is 11.6 Å². The van der Waals surface area contributed by atoms with Crippen LogP contribution in [-0.4, -0.2) is 12.1 Å². The van der Waals surface area contributed by atoms with Gasteiger partial charge >= 0.3 is 0 Å². The average Bonchev–Trinajstić information content (AvgIpc) is 2.41. The summed E-state index contributed by atoms with van der Waals surface area (Å²) in [7, 11) is 1.35. The molecule has 20 heavy (non-hydrogen) atoms. The quantitative estimate of drug-likeness (QED) is 0.810. The van der Waals surface area contributed by atoms with E-state index in [0.29, 0.717) is 20.4 Å². The zero-order valence-electron chi connectivity index (χ0n) is 10.8. The Balaban J connectivity index is 2.86. The zero-order valence-corrected chi connectivity index (χ0v) is 12.9. The first-order valence-corrected chi connectivity index (χ1v) is 6.73. The van der Waals surface area contributed by atoms with Gasteiger partial charge < -0.3 is 9.72 Å². The lowest BCUT2D eigenvalue weighted by atomic mass is 10.00. The molecular formula is C14H10FIN2O2. The molecule has 0 saturated carbocycles. The number of aromatic nitrogens is 1. The number of H-pyrrole nitrogens is 1. The van der Waals surface area contributed by atoms with Gasteiger partial charge in [0.05, 0.1) is 10.7 Å². The highest BCUT2D eigenvalue weighted by Gasteiger charge is 2.18. The molecule has 0 unspecified atom stereocenters. The van der Waals surface area contributed by atoms with Gasteiger partial charge in [0, 0.05) is 16.8 Å². The predicted molar refractivity (Wildman–Crippen MR) is 81.2 cm³/mol. The summed E-state index contributed by atoms with van der Waals surface area (Å²) in [5.41, 5.74) is 0.778. The third kappa shape index (κ3) is 2.41. The topological polar surface area (TPSA) is 65.9 Å². The van der Waals surface area contributed by atoms with Crippen LogP contribution in [0.3, 0.4) is 0 Å². The number of nitriles is 1. The molecule has 4 nitrogen and oxygen atoms in total. The second-order valence-electron chi connectivity index (χ2n) is 4.12. The molecule has 6 heteroatoms. The number of benzene rings is 1. The third-order valence-electron chi connectivity index (χ3n) is 2.82. The first kappa shape index (κ1) is 14.5. The Hall–Kier alpha value is -1.88. The van der Waals surface area contributed by atoms with Crippen LogP contribution in [0.2, 0.25) is 0 Å². The number of methoxy groups -OCH3 is 1. The summed E-state index contributed by atoms with van der Waals surface area (Å²) in [6.45, 7) is 1.70. The lowest BCUT2D eigenvalue weighted by Gasteiger charge is -2.12. The van der Waals surface area contributed by atoms with Crippen LogP contribution in [-0.2, 0) is 0 Å². The van der Waals surface area contributed by atoms with E-state index in [-0.39, 0.29) is 11.3 Å². The van der Waals surface area contributed by atoms with Crippen molar-refractivity contribution in [3.63, 3.8) is 0 Å². The minimum atomic E-state index is -0.507. The van der Waals surface area contributed by atoms with E-state index in [4.69, 9.17) is 10.00 Å². The van der Waals surface area contributed by atoms with Crippen LogP contribution in [0.1, 0.15) is 11.3 Å². The van der Waals surface area contributed by atoms with Crippen LogP contribution in [0, 0.1) is 27.6 Å². The van der Waals surface area contributed by atoms with E-state index in [2.05, 4.69) is 4.98 Å². The Morgan fingerprint density at radius 2 is 2.10 bits per heavy atom. The van der Waals surface area contributed by atoms with Crippen LogP contribution < -0.4 is 10.3 Å². The minimum Gasteiger partial charge on any atom is -0.493 e. The van der Waals surface area contributed by atoms with Crippen molar-refractivity contribution >= 4 is 22.6 Å². The highest BCUT2D eigenvalue weighted by Crippen LogP contribution is 2.35. The van der Waals surface area contributed by atoms with E-state index in [0.717, 1.165) is 0 Å². The zero-order chi connectivity index (χ0) is 14.9. The van der Waals surface area contributed by atoms with Crippen molar-refractivity contribution in [3.8, 4) is 22.9 Å². The lowest BCUT2D eigenvalue weighted by Crippen LogP contribution is -2.13. The van der Waals surface area contributed by atoms with Crippen LogP contribution in [0.15, 0.2) is 23.0 Å². The molecule has 0 aliphatic carbocycles. The second kappa shape index (κ2) is 5.63. The molecule has 2 aromatic rings. The van der Waals surface area contributed by atoms with Gasteiger partial charge in [0.2, 0.25) is 0 Å². The molecule has 0 aliphatic rings. The van der Waals surface area contributed by atoms with Crippen molar-refractivity contribution in [2.45, 2.75) is 6.92 Å². The maximum Gasteiger partial charge on any atom is 0.266 e. The van der Waals surface area contributed by atoms with E-state index in [1.165, 1.54) is 7.11 Å². The number of hydrogen-bond acceptors (Lipinski definition) is 3. The summed E-state index contributed by atoms with van der Waals surface area (Å²) in [4.78, 5) is 14.4. The number of aromatic amines is 1. The summed E-state index contributed by atoms with van der Waals surface area (Å²) >= 11 is 1.85. The predicted octanol–water partition coefficient (Wildman–Crippen LogP) is 2.97.